The smallest absolute Gasteiger partial charge is 0.192 e. The predicted octanol–water partition coefficient (Wildman–Crippen LogP) is 5.24. The summed E-state index contributed by atoms with van der Waals surface area (Å²) in [5, 5.41) is 9.38. The van der Waals surface area contributed by atoms with Gasteiger partial charge in [-0.15, -0.1) is 10.2 Å². The quantitative estimate of drug-likeness (QED) is 0.290. The van der Waals surface area contributed by atoms with Crippen LogP contribution in [0.5, 0.6) is 0 Å². The fourth-order valence-electron chi connectivity index (χ4n) is 4.16. The zero-order valence-corrected chi connectivity index (χ0v) is 18.8. The number of Topliss-reactive ketones (excluding diaryl/α,β-unsaturated/α-hetero) is 1. The molecule has 1 aliphatic carbocycles. The van der Waals surface area contributed by atoms with E-state index in [1.165, 1.54) is 29.3 Å². The second-order valence-corrected chi connectivity index (χ2v) is 9.39. The molecular formula is C26H24N4OS. The van der Waals surface area contributed by atoms with Crippen LogP contribution in [-0.4, -0.2) is 30.8 Å². The SMILES string of the molecule is CC(Sc1nnc(-c2cccnc2)n1Cc1ccccc1)C(=O)c1ccc2c(c1)CCC2. The first-order valence-electron chi connectivity index (χ1n) is 10.9. The van der Waals surface area contributed by atoms with Crippen LogP contribution in [0.2, 0.25) is 0 Å². The van der Waals surface area contributed by atoms with Gasteiger partial charge in [0.05, 0.1) is 11.8 Å². The number of hydrogen-bond donors (Lipinski definition) is 0. The molecule has 6 heteroatoms. The summed E-state index contributed by atoms with van der Waals surface area (Å²) in [6, 6.07) is 20.3. The molecule has 2 heterocycles. The highest BCUT2D eigenvalue weighted by molar-refractivity contribution is 8.00. The van der Waals surface area contributed by atoms with E-state index in [2.05, 4.69) is 44.0 Å². The lowest BCUT2D eigenvalue weighted by Crippen LogP contribution is -2.15. The second kappa shape index (κ2) is 9.09. The Balaban J connectivity index is 1.43. The average molecular weight is 441 g/mol. The van der Waals surface area contributed by atoms with E-state index in [0.717, 1.165) is 40.5 Å². The molecule has 32 heavy (non-hydrogen) atoms. The Morgan fingerprint density at radius 2 is 1.88 bits per heavy atom. The van der Waals surface area contributed by atoms with Crippen molar-refractivity contribution in [1.82, 2.24) is 19.7 Å². The van der Waals surface area contributed by atoms with E-state index in [4.69, 9.17) is 0 Å². The van der Waals surface area contributed by atoms with Crippen LogP contribution in [-0.2, 0) is 19.4 Å². The van der Waals surface area contributed by atoms with Crippen molar-refractivity contribution < 1.29 is 4.79 Å². The maximum absolute atomic E-state index is 13.2. The van der Waals surface area contributed by atoms with Crippen molar-refractivity contribution in [2.45, 2.75) is 43.1 Å². The Labute approximate surface area is 191 Å². The molecule has 4 aromatic rings. The van der Waals surface area contributed by atoms with Gasteiger partial charge in [0.2, 0.25) is 0 Å². The first-order valence-corrected chi connectivity index (χ1v) is 11.8. The van der Waals surface area contributed by atoms with Crippen molar-refractivity contribution in [3.05, 3.63) is 95.3 Å². The molecule has 0 saturated carbocycles. The normalized spacial score (nSPS) is 13.7. The van der Waals surface area contributed by atoms with Gasteiger partial charge in [0.15, 0.2) is 16.8 Å². The third-order valence-electron chi connectivity index (χ3n) is 5.85. The number of thioether (sulfide) groups is 1. The van der Waals surface area contributed by atoms with Gasteiger partial charge in [-0.3, -0.25) is 14.3 Å². The number of carbonyl (C=O) groups excluding carboxylic acids is 1. The van der Waals surface area contributed by atoms with E-state index in [1.807, 2.05) is 43.3 Å². The minimum absolute atomic E-state index is 0.127. The van der Waals surface area contributed by atoms with E-state index in [1.54, 1.807) is 12.4 Å². The molecule has 5 nitrogen and oxygen atoms in total. The van der Waals surface area contributed by atoms with Crippen molar-refractivity contribution >= 4 is 17.5 Å². The van der Waals surface area contributed by atoms with Gasteiger partial charge in [-0.05, 0) is 61.1 Å². The zero-order valence-electron chi connectivity index (χ0n) is 17.9. The fraction of sp³-hybridized carbons (Fsp3) is 0.231. The molecule has 0 saturated heterocycles. The number of hydrogen-bond acceptors (Lipinski definition) is 5. The van der Waals surface area contributed by atoms with Crippen LogP contribution >= 0.6 is 11.8 Å². The number of benzene rings is 2. The van der Waals surface area contributed by atoms with E-state index < -0.39 is 0 Å². The Bertz CT molecular complexity index is 1240. The van der Waals surface area contributed by atoms with Crippen molar-refractivity contribution in [2.24, 2.45) is 0 Å². The van der Waals surface area contributed by atoms with Crippen LogP contribution < -0.4 is 0 Å². The lowest BCUT2D eigenvalue weighted by molar-refractivity contribution is 0.0993. The Hall–Kier alpha value is -3.25. The van der Waals surface area contributed by atoms with Gasteiger partial charge in [0.1, 0.15) is 0 Å². The van der Waals surface area contributed by atoms with E-state index in [-0.39, 0.29) is 11.0 Å². The predicted molar refractivity (Wildman–Crippen MR) is 127 cm³/mol. The highest BCUT2D eigenvalue weighted by Crippen LogP contribution is 2.30. The molecule has 0 N–H and O–H groups in total. The minimum atomic E-state index is -0.269. The van der Waals surface area contributed by atoms with Gasteiger partial charge >= 0.3 is 0 Å². The third kappa shape index (κ3) is 4.23. The van der Waals surface area contributed by atoms with Crippen LogP contribution in [0.15, 0.2) is 78.2 Å². The first-order chi connectivity index (χ1) is 15.7. The summed E-state index contributed by atoms with van der Waals surface area (Å²) in [5.41, 5.74) is 5.54. The summed E-state index contributed by atoms with van der Waals surface area (Å²) >= 11 is 1.46. The largest absolute Gasteiger partial charge is 0.297 e. The van der Waals surface area contributed by atoms with Crippen molar-refractivity contribution in [1.29, 1.82) is 0 Å². The van der Waals surface area contributed by atoms with Gasteiger partial charge in [-0.2, -0.15) is 0 Å². The molecule has 1 atom stereocenters. The highest BCUT2D eigenvalue weighted by Gasteiger charge is 2.23. The van der Waals surface area contributed by atoms with E-state index in [0.29, 0.717) is 6.54 Å². The maximum Gasteiger partial charge on any atom is 0.192 e. The highest BCUT2D eigenvalue weighted by atomic mass is 32.2. The lowest BCUT2D eigenvalue weighted by Gasteiger charge is -2.14. The topological polar surface area (TPSA) is 60.7 Å². The number of rotatable bonds is 7. The molecule has 0 fully saturated rings. The summed E-state index contributed by atoms with van der Waals surface area (Å²) in [4.78, 5) is 17.4. The molecule has 1 aliphatic rings. The van der Waals surface area contributed by atoms with Crippen LogP contribution in [0.25, 0.3) is 11.4 Å². The summed E-state index contributed by atoms with van der Waals surface area (Å²) in [7, 11) is 0. The molecule has 2 aromatic carbocycles. The molecule has 0 amide bonds. The van der Waals surface area contributed by atoms with Gasteiger partial charge in [-0.25, -0.2) is 0 Å². The van der Waals surface area contributed by atoms with Crippen molar-refractivity contribution in [3.8, 4) is 11.4 Å². The number of ketones is 1. The molecule has 0 bridgehead atoms. The number of nitrogens with zero attached hydrogens (tertiary/aromatic N) is 4. The maximum atomic E-state index is 13.2. The summed E-state index contributed by atoms with van der Waals surface area (Å²) in [6.45, 7) is 2.58. The molecule has 1 unspecified atom stereocenters. The number of fused-ring (bicyclic) bond motifs is 1. The van der Waals surface area contributed by atoms with Crippen molar-refractivity contribution in [2.75, 3.05) is 0 Å². The molecule has 0 aliphatic heterocycles. The zero-order chi connectivity index (χ0) is 21.9. The van der Waals surface area contributed by atoms with Gasteiger partial charge in [0.25, 0.3) is 0 Å². The Kier molecular flexibility index (Phi) is 5.86. The molecule has 2 aromatic heterocycles. The second-order valence-electron chi connectivity index (χ2n) is 8.08. The number of carbonyl (C=O) groups is 1. The minimum Gasteiger partial charge on any atom is -0.297 e. The third-order valence-corrected chi connectivity index (χ3v) is 6.93. The average Bonchev–Trinajstić information content (AvgIpc) is 3.46. The molecule has 5 rings (SSSR count). The number of aryl methyl sites for hydroxylation is 2. The summed E-state index contributed by atoms with van der Waals surface area (Å²) < 4.78 is 2.07. The van der Waals surface area contributed by atoms with Gasteiger partial charge < -0.3 is 0 Å². The Morgan fingerprint density at radius 1 is 1.03 bits per heavy atom. The van der Waals surface area contributed by atoms with Crippen LogP contribution in [0.4, 0.5) is 0 Å². The molecule has 160 valence electrons. The van der Waals surface area contributed by atoms with Gasteiger partial charge in [0, 0.05) is 23.5 Å². The first kappa shape index (κ1) is 20.6. The molecule has 0 spiro atoms. The Morgan fingerprint density at radius 3 is 2.69 bits per heavy atom. The van der Waals surface area contributed by atoms with Crippen LogP contribution in [0, 0.1) is 0 Å². The van der Waals surface area contributed by atoms with E-state index in [9.17, 15) is 4.79 Å². The van der Waals surface area contributed by atoms with Crippen LogP contribution in [0.3, 0.4) is 0 Å². The fourth-order valence-corrected chi connectivity index (χ4v) is 5.09. The lowest BCUT2D eigenvalue weighted by atomic mass is 10.0. The molecule has 0 radical (unpaired) electrons. The number of pyridine rings is 1. The number of aromatic nitrogens is 4. The molecular weight excluding hydrogens is 416 g/mol. The summed E-state index contributed by atoms with van der Waals surface area (Å²) in [6.07, 6.45) is 6.90. The monoisotopic (exact) mass is 440 g/mol. The van der Waals surface area contributed by atoms with Gasteiger partial charge in [-0.1, -0.05) is 54.2 Å². The van der Waals surface area contributed by atoms with E-state index >= 15 is 0 Å². The van der Waals surface area contributed by atoms with Crippen LogP contribution in [0.1, 0.15) is 40.4 Å². The van der Waals surface area contributed by atoms with Crippen molar-refractivity contribution in [3.63, 3.8) is 0 Å². The standard InChI is InChI=1S/C26H24N4OS/c1-18(24(31)22-13-12-20-9-5-10-21(20)15-22)32-26-29-28-25(23-11-6-14-27-16-23)30(26)17-19-7-3-2-4-8-19/h2-4,6-8,11-16,18H,5,9-10,17H2,1H3. The summed E-state index contributed by atoms with van der Waals surface area (Å²) in [5.74, 6) is 0.878.